The molecule has 8 nitrogen and oxygen atoms in total. The van der Waals surface area contributed by atoms with Gasteiger partial charge in [0.25, 0.3) is 0 Å². The fourth-order valence-corrected chi connectivity index (χ4v) is 4.99. The van der Waals surface area contributed by atoms with Crippen LogP contribution >= 0.6 is 0 Å². The summed E-state index contributed by atoms with van der Waals surface area (Å²) >= 11 is 0. The molecule has 0 aromatic heterocycles. The summed E-state index contributed by atoms with van der Waals surface area (Å²) in [4.78, 5) is 22.4. The molecule has 0 bridgehead atoms. The van der Waals surface area contributed by atoms with Crippen molar-refractivity contribution in [1.82, 2.24) is 0 Å². The van der Waals surface area contributed by atoms with Crippen molar-refractivity contribution >= 4 is 11.9 Å². The predicted molar refractivity (Wildman–Crippen MR) is 99.1 cm³/mol. The van der Waals surface area contributed by atoms with Crippen LogP contribution in [0.3, 0.4) is 0 Å². The van der Waals surface area contributed by atoms with Gasteiger partial charge in [-0.1, -0.05) is 13.8 Å². The first-order valence-corrected chi connectivity index (χ1v) is 10.2. The van der Waals surface area contributed by atoms with Gasteiger partial charge in [0.1, 0.15) is 6.17 Å². The van der Waals surface area contributed by atoms with Crippen LogP contribution in [0.25, 0.3) is 0 Å². The molecule has 2 aliphatic rings. The lowest BCUT2D eigenvalue weighted by atomic mass is 9.57. The number of esters is 1. The van der Waals surface area contributed by atoms with E-state index in [1.165, 1.54) is 6.92 Å². The molecule has 0 aromatic rings. The number of carboxylic acid groups (broad SMARTS) is 1. The number of aliphatic hydroxyl groups excluding tert-OH is 1. The highest BCUT2D eigenvalue weighted by atomic mass is 19.1. The summed E-state index contributed by atoms with van der Waals surface area (Å²) < 4.78 is 25.5. The van der Waals surface area contributed by atoms with E-state index in [0.717, 1.165) is 0 Å². The Hall–Kier alpha value is -1.29. The predicted octanol–water partition coefficient (Wildman–Crippen LogP) is 1.60. The van der Waals surface area contributed by atoms with Gasteiger partial charge in [0, 0.05) is 18.3 Å². The average molecular weight is 420 g/mol. The van der Waals surface area contributed by atoms with Gasteiger partial charge in [-0.3, -0.25) is 9.59 Å². The first kappa shape index (κ1) is 24.0. The Morgan fingerprint density at radius 3 is 2.48 bits per heavy atom. The van der Waals surface area contributed by atoms with Gasteiger partial charge < -0.3 is 29.9 Å². The van der Waals surface area contributed by atoms with Crippen molar-refractivity contribution in [2.75, 3.05) is 0 Å². The number of alkyl halides is 1. The number of aliphatic hydroxyl groups is 3. The van der Waals surface area contributed by atoms with Gasteiger partial charge in [-0.2, -0.15) is 0 Å². The summed E-state index contributed by atoms with van der Waals surface area (Å²) in [5.41, 5.74) is -1.55. The van der Waals surface area contributed by atoms with E-state index in [2.05, 4.69) is 0 Å². The number of rotatable bonds is 6. The molecule has 168 valence electrons. The average Bonchev–Trinajstić information content (AvgIpc) is 2.70. The summed E-state index contributed by atoms with van der Waals surface area (Å²) in [7, 11) is 0. The third-order valence-electron chi connectivity index (χ3n) is 6.75. The fraction of sp³-hybridized carbons (Fsp3) is 0.900. The van der Waals surface area contributed by atoms with Crippen LogP contribution < -0.4 is 0 Å². The maximum Gasteiger partial charge on any atom is 0.308 e. The lowest BCUT2D eigenvalue weighted by Gasteiger charge is -2.53. The van der Waals surface area contributed by atoms with Gasteiger partial charge in [-0.05, 0) is 38.5 Å². The van der Waals surface area contributed by atoms with Crippen molar-refractivity contribution in [1.29, 1.82) is 0 Å². The van der Waals surface area contributed by atoms with Crippen LogP contribution in [0, 0.1) is 23.7 Å². The van der Waals surface area contributed by atoms with E-state index in [9.17, 15) is 29.3 Å². The molecule has 1 heterocycles. The van der Waals surface area contributed by atoms with Gasteiger partial charge >= 0.3 is 11.9 Å². The SMILES string of the molecule is C[C@@H]1[C@H](F)C[C@@H]([C@@H](C)[C@@H](O)OC(=O)CCC(=O)O)[C@@]2(O)[C@H](C)O[C@](C)(O)CC[C@@H]12. The van der Waals surface area contributed by atoms with Crippen LogP contribution in [0.5, 0.6) is 0 Å². The highest BCUT2D eigenvalue weighted by Gasteiger charge is 2.60. The molecule has 9 heteroatoms. The van der Waals surface area contributed by atoms with Crippen LogP contribution in [0.4, 0.5) is 4.39 Å². The summed E-state index contributed by atoms with van der Waals surface area (Å²) in [6, 6.07) is 0. The monoisotopic (exact) mass is 420 g/mol. The Morgan fingerprint density at radius 2 is 1.90 bits per heavy atom. The Balaban J connectivity index is 2.24. The van der Waals surface area contributed by atoms with Crippen LogP contribution in [-0.2, 0) is 19.1 Å². The van der Waals surface area contributed by atoms with Crippen molar-refractivity contribution in [3.63, 3.8) is 0 Å². The molecule has 1 aliphatic carbocycles. The lowest BCUT2D eigenvalue weighted by molar-refractivity contribution is -0.275. The molecule has 0 radical (unpaired) electrons. The van der Waals surface area contributed by atoms with E-state index in [0.29, 0.717) is 6.42 Å². The van der Waals surface area contributed by atoms with E-state index in [4.69, 9.17) is 14.6 Å². The second kappa shape index (κ2) is 8.83. The molecule has 29 heavy (non-hydrogen) atoms. The van der Waals surface area contributed by atoms with Crippen LogP contribution in [0.15, 0.2) is 0 Å². The van der Waals surface area contributed by atoms with Crippen molar-refractivity contribution in [3.8, 4) is 0 Å². The minimum Gasteiger partial charge on any atom is -0.481 e. The molecule has 0 spiro atoms. The van der Waals surface area contributed by atoms with Gasteiger partial charge in [0.05, 0.1) is 24.5 Å². The maximum absolute atomic E-state index is 14.8. The Morgan fingerprint density at radius 1 is 1.28 bits per heavy atom. The number of carbonyl (C=O) groups excluding carboxylic acids is 1. The highest BCUT2D eigenvalue weighted by Crippen LogP contribution is 2.53. The quantitative estimate of drug-likeness (QED) is 0.376. The van der Waals surface area contributed by atoms with Gasteiger partial charge in [0.15, 0.2) is 5.79 Å². The molecule has 1 saturated carbocycles. The zero-order chi connectivity index (χ0) is 22.1. The summed E-state index contributed by atoms with van der Waals surface area (Å²) in [6.45, 7) is 6.38. The number of aliphatic carboxylic acids is 1. The minimum absolute atomic E-state index is 0.0606. The summed E-state index contributed by atoms with van der Waals surface area (Å²) in [5, 5.41) is 41.2. The number of halogens is 1. The largest absolute Gasteiger partial charge is 0.481 e. The van der Waals surface area contributed by atoms with Crippen LogP contribution in [-0.4, -0.2) is 62.3 Å². The lowest BCUT2D eigenvalue weighted by Crippen LogP contribution is -2.63. The number of fused-ring (bicyclic) bond motifs is 1. The van der Waals surface area contributed by atoms with Gasteiger partial charge in [0.2, 0.25) is 6.29 Å². The zero-order valence-corrected chi connectivity index (χ0v) is 17.4. The second-order valence-corrected chi connectivity index (χ2v) is 8.82. The number of hydrogen-bond acceptors (Lipinski definition) is 7. The molecule has 4 N–H and O–H groups in total. The number of carbonyl (C=O) groups is 2. The topological polar surface area (TPSA) is 134 Å². The molecule has 0 aromatic carbocycles. The molecule has 1 saturated heterocycles. The highest BCUT2D eigenvalue weighted by molar-refractivity contribution is 5.76. The second-order valence-electron chi connectivity index (χ2n) is 8.82. The fourth-order valence-electron chi connectivity index (χ4n) is 4.99. The molecular weight excluding hydrogens is 387 g/mol. The number of carboxylic acids is 1. The van der Waals surface area contributed by atoms with Crippen LogP contribution in [0.2, 0.25) is 0 Å². The number of ether oxygens (including phenoxy) is 2. The Bertz CT molecular complexity index is 611. The van der Waals surface area contributed by atoms with E-state index in [1.807, 2.05) is 0 Å². The van der Waals surface area contributed by atoms with Crippen molar-refractivity contribution in [2.24, 2.45) is 23.7 Å². The zero-order valence-electron chi connectivity index (χ0n) is 17.4. The maximum atomic E-state index is 14.8. The van der Waals surface area contributed by atoms with Crippen molar-refractivity contribution in [2.45, 2.75) is 89.8 Å². The Kier molecular flexibility index (Phi) is 7.30. The smallest absolute Gasteiger partial charge is 0.308 e. The molecule has 0 unspecified atom stereocenters. The third kappa shape index (κ3) is 5.07. The normalized spacial score (nSPS) is 42.3. The van der Waals surface area contributed by atoms with E-state index < -0.39 is 78.4 Å². The van der Waals surface area contributed by atoms with E-state index >= 15 is 0 Å². The summed E-state index contributed by atoms with van der Waals surface area (Å²) in [5.74, 6) is -6.14. The first-order valence-electron chi connectivity index (χ1n) is 10.2. The minimum atomic E-state index is -1.64. The van der Waals surface area contributed by atoms with E-state index in [-0.39, 0.29) is 12.8 Å². The molecule has 2 rings (SSSR count). The molecule has 2 fully saturated rings. The van der Waals surface area contributed by atoms with Crippen molar-refractivity contribution in [3.05, 3.63) is 0 Å². The standard InChI is InChI=1S/C20H33FO8/c1-10-13-7-8-19(4,26)29-12(3)20(13,27)14(9-15(10)21)11(2)18(25)28-17(24)6-5-16(22)23/h10-15,18,25-27H,5-9H2,1-4H3,(H,22,23)/t10-,11+,12-,13-,14-,15+,18-,19-,20+/m0/s1. The van der Waals surface area contributed by atoms with Crippen LogP contribution in [0.1, 0.15) is 59.8 Å². The van der Waals surface area contributed by atoms with E-state index in [1.54, 1.807) is 20.8 Å². The van der Waals surface area contributed by atoms with Gasteiger partial charge in [-0.15, -0.1) is 0 Å². The van der Waals surface area contributed by atoms with Crippen molar-refractivity contribution < 1.29 is 43.9 Å². The first-order chi connectivity index (χ1) is 13.3. The third-order valence-corrected chi connectivity index (χ3v) is 6.75. The Labute approximate surface area is 170 Å². The van der Waals surface area contributed by atoms with Gasteiger partial charge in [-0.25, -0.2) is 4.39 Å². The molecule has 0 amide bonds. The molecular formula is C20H33FO8. The number of hydrogen-bond donors (Lipinski definition) is 4. The summed E-state index contributed by atoms with van der Waals surface area (Å²) in [6.07, 6.45) is -4.04. The molecule has 1 aliphatic heterocycles. The molecule has 9 atom stereocenters.